The Morgan fingerprint density at radius 1 is 0.816 bits per heavy atom. The number of hydrogen-bond acceptors (Lipinski definition) is 7. The maximum absolute atomic E-state index is 5.99. The first-order chi connectivity index (χ1) is 18.6. The van der Waals surface area contributed by atoms with Crippen molar-refractivity contribution in [3.63, 3.8) is 0 Å². The van der Waals surface area contributed by atoms with Crippen LogP contribution in [0.5, 0.6) is 17.2 Å². The minimum absolute atomic E-state index is 0.435. The van der Waals surface area contributed by atoms with Gasteiger partial charge in [-0.1, -0.05) is 35.9 Å². The molecule has 0 aliphatic carbocycles. The molecule has 38 heavy (non-hydrogen) atoms. The molecule has 2 N–H and O–H groups in total. The standard InChI is InChI=1S/C23H28N4O2.C8H10O/c1-28-21-8-4-3-7-20(21)27-12-10-26(11-13-27)16-18-14-17(15-24)23(29-2)22-19(18)6-5-9-25-22;1-7-3-5-8(9-2)6-4-7/h3-9,14H,10-13,15-16,24H2,1-2H3;3-6H,1-2H3. The third-order valence-electron chi connectivity index (χ3n) is 6.88. The average molecular weight is 515 g/mol. The van der Waals surface area contributed by atoms with Gasteiger partial charge in [0.1, 0.15) is 22.8 Å². The van der Waals surface area contributed by atoms with Gasteiger partial charge in [-0.2, -0.15) is 0 Å². The molecule has 7 nitrogen and oxygen atoms in total. The zero-order chi connectivity index (χ0) is 26.9. The van der Waals surface area contributed by atoms with Crippen molar-refractivity contribution in [2.45, 2.75) is 20.0 Å². The molecule has 2 heterocycles. The second-order valence-corrected chi connectivity index (χ2v) is 9.28. The molecule has 7 heteroatoms. The summed E-state index contributed by atoms with van der Waals surface area (Å²) in [4.78, 5) is 9.45. The van der Waals surface area contributed by atoms with Gasteiger partial charge in [0.2, 0.25) is 0 Å². The number of aryl methyl sites for hydroxylation is 1. The first-order valence-electron chi connectivity index (χ1n) is 12.9. The van der Waals surface area contributed by atoms with Gasteiger partial charge in [0.25, 0.3) is 0 Å². The molecule has 0 atom stereocenters. The number of nitrogens with zero attached hydrogens (tertiary/aromatic N) is 3. The minimum atomic E-state index is 0.435. The summed E-state index contributed by atoms with van der Waals surface area (Å²) in [5.74, 6) is 2.63. The van der Waals surface area contributed by atoms with Gasteiger partial charge in [0.15, 0.2) is 0 Å². The predicted octanol–water partition coefficient (Wildman–Crippen LogP) is 5.04. The van der Waals surface area contributed by atoms with E-state index in [0.29, 0.717) is 6.54 Å². The SMILES string of the molecule is COc1ccc(C)cc1.COc1ccccc1N1CCN(Cc2cc(CN)c(OC)c3ncccc23)CC1. The van der Waals surface area contributed by atoms with Crippen LogP contribution in [0.4, 0.5) is 5.69 Å². The molecule has 0 saturated carbocycles. The maximum atomic E-state index is 5.99. The van der Waals surface area contributed by atoms with Gasteiger partial charge in [0, 0.05) is 56.4 Å². The van der Waals surface area contributed by atoms with Crippen molar-refractivity contribution in [3.05, 3.63) is 89.6 Å². The lowest BCUT2D eigenvalue weighted by molar-refractivity contribution is 0.250. The second-order valence-electron chi connectivity index (χ2n) is 9.28. The first-order valence-corrected chi connectivity index (χ1v) is 12.9. The van der Waals surface area contributed by atoms with Crippen molar-refractivity contribution in [2.75, 3.05) is 52.4 Å². The van der Waals surface area contributed by atoms with Gasteiger partial charge < -0.3 is 24.8 Å². The molecule has 1 aliphatic rings. The smallest absolute Gasteiger partial charge is 0.149 e. The maximum Gasteiger partial charge on any atom is 0.149 e. The molecule has 1 aliphatic heterocycles. The van der Waals surface area contributed by atoms with Crippen LogP contribution in [0.2, 0.25) is 0 Å². The zero-order valence-corrected chi connectivity index (χ0v) is 22.8. The number of piperazine rings is 1. The number of ether oxygens (including phenoxy) is 3. The Labute approximate surface area is 225 Å². The van der Waals surface area contributed by atoms with E-state index in [9.17, 15) is 0 Å². The van der Waals surface area contributed by atoms with Gasteiger partial charge in [-0.3, -0.25) is 9.88 Å². The van der Waals surface area contributed by atoms with Crippen LogP contribution in [0.25, 0.3) is 10.9 Å². The molecule has 3 aromatic carbocycles. The summed E-state index contributed by atoms with van der Waals surface area (Å²) in [6.07, 6.45) is 1.81. The number of fused-ring (bicyclic) bond motifs is 1. The number of para-hydroxylation sites is 2. The van der Waals surface area contributed by atoms with Crippen molar-refractivity contribution in [1.29, 1.82) is 0 Å². The molecule has 0 spiro atoms. The van der Waals surface area contributed by atoms with E-state index in [1.165, 1.54) is 16.8 Å². The molecule has 1 saturated heterocycles. The number of pyridine rings is 1. The van der Waals surface area contributed by atoms with E-state index in [2.05, 4.69) is 46.0 Å². The lowest BCUT2D eigenvalue weighted by Gasteiger charge is -2.36. The lowest BCUT2D eigenvalue weighted by Crippen LogP contribution is -2.46. The van der Waals surface area contributed by atoms with Gasteiger partial charge in [-0.25, -0.2) is 0 Å². The first kappa shape index (κ1) is 27.2. The van der Waals surface area contributed by atoms with Crippen LogP contribution in [-0.4, -0.2) is 57.4 Å². The van der Waals surface area contributed by atoms with Gasteiger partial charge in [-0.05, 0) is 48.9 Å². The largest absolute Gasteiger partial charge is 0.497 e. The number of nitrogens with two attached hydrogens (primary N) is 1. The second kappa shape index (κ2) is 13.1. The Kier molecular flexibility index (Phi) is 9.40. The number of benzene rings is 3. The Morgan fingerprint density at radius 2 is 1.55 bits per heavy atom. The van der Waals surface area contributed by atoms with Crippen LogP contribution in [0.3, 0.4) is 0 Å². The van der Waals surface area contributed by atoms with Crippen LogP contribution >= 0.6 is 0 Å². The molecule has 200 valence electrons. The van der Waals surface area contributed by atoms with E-state index in [1.807, 2.05) is 42.5 Å². The third kappa shape index (κ3) is 6.36. The summed E-state index contributed by atoms with van der Waals surface area (Å²) in [6, 6.07) is 22.5. The molecule has 0 bridgehead atoms. The number of methoxy groups -OCH3 is 3. The van der Waals surface area contributed by atoms with Crippen molar-refractivity contribution >= 4 is 16.6 Å². The van der Waals surface area contributed by atoms with E-state index in [4.69, 9.17) is 19.9 Å². The Balaban J connectivity index is 0.000000317. The normalized spacial score (nSPS) is 13.6. The van der Waals surface area contributed by atoms with Crippen LogP contribution < -0.4 is 24.8 Å². The highest BCUT2D eigenvalue weighted by molar-refractivity contribution is 5.89. The van der Waals surface area contributed by atoms with Crippen molar-refractivity contribution in [2.24, 2.45) is 5.73 Å². The molecule has 1 fully saturated rings. The van der Waals surface area contributed by atoms with Gasteiger partial charge in [-0.15, -0.1) is 0 Å². The van der Waals surface area contributed by atoms with Gasteiger partial charge in [0.05, 0.1) is 27.0 Å². The van der Waals surface area contributed by atoms with Crippen LogP contribution in [-0.2, 0) is 13.1 Å². The zero-order valence-electron chi connectivity index (χ0n) is 22.8. The molecule has 5 rings (SSSR count). The summed E-state index contributed by atoms with van der Waals surface area (Å²) in [5.41, 5.74) is 11.6. The fourth-order valence-electron chi connectivity index (χ4n) is 4.81. The van der Waals surface area contributed by atoms with Crippen LogP contribution in [0, 0.1) is 6.92 Å². The monoisotopic (exact) mass is 514 g/mol. The Bertz CT molecular complexity index is 1320. The molecule has 1 aromatic heterocycles. The topological polar surface area (TPSA) is 73.1 Å². The average Bonchev–Trinajstić information content (AvgIpc) is 2.98. The summed E-state index contributed by atoms with van der Waals surface area (Å²) in [5, 5.41) is 1.13. The van der Waals surface area contributed by atoms with Crippen LogP contribution in [0.15, 0.2) is 72.9 Å². The Hall–Kier alpha value is -3.81. The highest BCUT2D eigenvalue weighted by atomic mass is 16.5. The minimum Gasteiger partial charge on any atom is -0.497 e. The summed E-state index contributed by atoms with van der Waals surface area (Å²) in [7, 11) is 5.08. The molecule has 4 aromatic rings. The number of rotatable bonds is 7. The van der Waals surface area contributed by atoms with E-state index in [-0.39, 0.29) is 0 Å². The van der Waals surface area contributed by atoms with E-state index in [1.54, 1.807) is 27.5 Å². The molecule has 0 amide bonds. The lowest BCUT2D eigenvalue weighted by atomic mass is 10.0. The van der Waals surface area contributed by atoms with Gasteiger partial charge >= 0.3 is 0 Å². The highest BCUT2D eigenvalue weighted by Gasteiger charge is 2.21. The van der Waals surface area contributed by atoms with Crippen molar-refractivity contribution in [1.82, 2.24) is 9.88 Å². The number of hydrogen-bond donors (Lipinski definition) is 1. The van der Waals surface area contributed by atoms with Crippen molar-refractivity contribution < 1.29 is 14.2 Å². The third-order valence-corrected chi connectivity index (χ3v) is 6.88. The highest BCUT2D eigenvalue weighted by Crippen LogP contribution is 2.32. The fraction of sp³-hybridized carbons (Fsp3) is 0.323. The molecular weight excluding hydrogens is 476 g/mol. The van der Waals surface area contributed by atoms with Crippen molar-refractivity contribution in [3.8, 4) is 17.2 Å². The van der Waals surface area contributed by atoms with E-state index in [0.717, 1.165) is 66.4 Å². The van der Waals surface area contributed by atoms with E-state index < -0.39 is 0 Å². The van der Waals surface area contributed by atoms with Crippen LogP contribution in [0.1, 0.15) is 16.7 Å². The summed E-state index contributed by atoms with van der Waals surface area (Å²) in [6.45, 7) is 7.28. The molecule has 0 radical (unpaired) electrons. The summed E-state index contributed by atoms with van der Waals surface area (Å²) < 4.78 is 16.1. The fourth-order valence-corrected chi connectivity index (χ4v) is 4.81. The number of aromatic nitrogens is 1. The number of anilines is 1. The predicted molar refractivity (Wildman–Crippen MR) is 154 cm³/mol. The molecular formula is C31H38N4O3. The molecule has 0 unspecified atom stereocenters. The quantitative estimate of drug-likeness (QED) is 0.371. The Morgan fingerprint density at radius 3 is 2.21 bits per heavy atom. The summed E-state index contributed by atoms with van der Waals surface area (Å²) >= 11 is 0. The van der Waals surface area contributed by atoms with E-state index >= 15 is 0 Å².